The highest BCUT2D eigenvalue weighted by Gasteiger charge is 2.26. The van der Waals surface area contributed by atoms with E-state index in [4.69, 9.17) is 0 Å². The van der Waals surface area contributed by atoms with Gasteiger partial charge in [0.15, 0.2) is 0 Å². The number of aromatic nitrogens is 1. The number of carbonyl (C=O) groups excluding carboxylic acids is 1. The van der Waals surface area contributed by atoms with Crippen LogP contribution < -0.4 is 10.5 Å². The quantitative estimate of drug-likeness (QED) is 0.722. The van der Waals surface area contributed by atoms with Gasteiger partial charge in [0.1, 0.15) is 6.54 Å². The largest absolute Gasteiger partial charge is 0.310 e. The Bertz CT molecular complexity index is 1070. The van der Waals surface area contributed by atoms with E-state index in [2.05, 4.69) is 0 Å². The van der Waals surface area contributed by atoms with E-state index in [0.29, 0.717) is 19.6 Å². The van der Waals surface area contributed by atoms with Crippen LogP contribution in [0, 0.1) is 6.92 Å². The molecule has 0 radical (unpaired) electrons. The molecular weight excluding hydrogens is 390 g/mol. The summed E-state index contributed by atoms with van der Waals surface area (Å²) in [6.07, 6.45) is 3.04. The molecule has 0 unspecified atom stereocenters. The van der Waals surface area contributed by atoms with Crippen LogP contribution in [0.2, 0.25) is 0 Å². The van der Waals surface area contributed by atoms with Crippen LogP contribution in [0.25, 0.3) is 0 Å². The zero-order valence-corrected chi connectivity index (χ0v) is 17.9. The van der Waals surface area contributed by atoms with Gasteiger partial charge in [-0.05, 0) is 37.0 Å². The van der Waals surface area contributed by atoms with E-state index in [1.807, 2.05) is 25.1 Å². The number of hydrogen-bond acceptors (Lipinski definition) is 4. The van der Waals surface area contributed by atoms with E-state index in [0.717, 1.165) is 29.7 Å². The zero-order valence-electron chi connectivity index (χ0n) is 17.1. The van der Waals surface area contributed by atoms with Crippen molar-refractivity contribution in [3.8, 4) is 0 Å². The molecule has 8 heteroatoms. The van der Waals surface area contributed by atoms with Gasteiger partial charge in [0.2, 0.25) is 15.9 Å². The second-order valence-electron chi connectivity index (χ2n) is 7.15. The molecule has 1 aliphatic rings. The van der Waals surface area contributed by atoms with Gasteiger partial charge in [0.25, 0.3) is 5.56 Å². The molecule has 2 aromatic rings. The van der Waals surface area contributed by atoms with Crippen LogP contribution in [0.1, 0.15) is 31.4 Å². The predicted molar refractivity (Wildman–Crippen MR) is 113 cm³/mol. The van der Waals surface area contributed by atoms with E-state index < -0.39 is 15.6 Å². The van der Waals surface area contributed by atoms with Crippen LogP contribution in [0.15, 0.2) is 46.2 Å². The molecule has 1 aliphatic heterocycles. The van der Waals surface area contributed by atoms with E-state index in [-0.39, 0.29) is 17.3 Å². The molecule has 156 valence electrons. The first kappa shape index (κ1) is 21.3. The first-order valence-electron chi connectivity index (χ1n) is 9.89. The van der Waals surface area contributed by atoms with Crippen molar-refractivity contribution in [2.45, 2.75) is 45.1 Å². The fraction of sp³-hybridized carbons (Fsp3) is 0.429. The van der Waals surface area contributed by atoms with Crippen LogP contribution in [-0.2, 0) is 27.8 Å². The summed E-state index contributed by atoms with van der Waals surface area (Å²) in [6, 6.07) is 8.48. The fourth-order valence-electron chi connectivity index (χ4n) is 3.83. The topological polar surface area (TPSA) is 79.7 Å². The molecule has 1 aromatic carbocycles. The predicted octanol–water partition coefficient (Wildman–Crippen LogP) is 2.17. The molecule has 0 bridgehead atoms. The third-order valence-corrected chi connectivity index (χ3v) is 7.36. The molecule has 3 rings (SSSR count). The maximum Gasteiger partial charge on any atom is 0.251 e. The number of amides is 1. The molecule has 0 fully saturated rings. The Morgan fingerprint density at radius 2 is 1.86 bits per heavy atom. The number of carbonyl (C=O) groups is 1. The lowest BCUT2D eigenvalue weighted by molar-refractivity contribution is -0.119. The molecule has 1 amide bonds. The number of nitrogens with zero attached hydrogens (tertiary/aromatic N) is 3. The van der Waals surface area contributed by atoms with Crippen molar-refractivity contribution < 1.29 is 13.2 Å². The average molecular weight is 418 g/mol. The molecule has 0 aliphatic carbocycles. The minimum atomic E-state index is -3.71. The van der Waals surface area contributed by atoms with Crippen molar-refractivity contribution in [2.75, 3.05) is 24.5 Å². The summed E-state index contributed by atoms with van der Waals surface area (Å²) < 4.78 is 28.0. The van der Waals surface area contributed by atoms with Crippen molar-refractivity contribution in [1.29, 1.82) is 0 Å². The second-order valence-corrected chi connectivity index (χ2v) is 9.09. The van der Waals surface area contributed by atoms with Gasteiger partial charge < -0.3 is 9.47 Å². The fourth-order valence-corrected chi connectivity index (χ4v) is 5.30. The highest BCUT2D eigenvalue weighted by molar-refractivity contribution is 7.89. The number of benzene rings is 1. The number of para-hydroxylation sites is 1. The Morgan fingerprint density at radius 1 is 1.14 bits per heavy atom. The number of pyridine rings is 1. The minimum absolute atomic E-state index is 0.0174. The van der Waals surface area contributed by atoms with Gasteiger partial charge in [-0.25, -0.2) is 8.42 Å². The normalized spacial score (nSPS) is 14.1. The maximum absolute atomic E-state index is 13.0. The summed E-state index contributed by atoms with van der Waals surface area (Å²) in [5.41, 5.74) is 2.64. The van der Waals surface area contributed by atoms with Crippen molar-refractivity contribution in [3.63, 3.8) is 0 Å². The van der Waals surface area contributed by atoms with Crippen molar-refractivity contribution in [2.24, 2.45) is 0 Å². The van der Waals surface area contributed by atoms with Crippen LogP contribution in [-0.4, -0.2) is 42.8 Å². The van der Waals surface area contributed by atoms with Gasteiger partial charge >= 0.3 is 0 Å². The van der Waals surface area contributed by atoms with E-state index in [1.165, 1.54) is 27.2 Å². The lowest BCUT2D eigenvalue weighted by Gasteiger charge is -2.31. The molecule has 0 saturated heterocycles. The Hall–Kier alpha value is -2.45. The van der Waals surface area contributed by atoms with E-state index >= 15 is 0 Å². The van der Waals surface area contributed by atoms with Gasteiger partial charge in [-0.2, -0.15) is 4.31 Å². The summed E-state index contributed by atoms with van der Waals surface area (Å²) in [7, 11) is -3.71. The van der Waals surface area contributed by atoms with Gasteiger partial charge in [0.05, 0.1) is 4.90 Å². The molecule has 0 saturated carbocycles. The number of anilines is 1. The van der Waals surface area contributed by atoms with Crippen LogP contribution in [0.4, 0.5) is 5.69 Å². The summed E-state index contributed by atoms with van der Waals surface area (Å²) in [5.74, 6) is -0.222. The highest BCUT2D eigenvalue weighted by atomic mass is 32.2. The lowest BCUT2D eigenvalue weighted by Crippen LogP contribution is -2.40. The van der Waals surface area contributed by atoms with Gasteiger partial charge in [-0.3, -0.25) is 9.59 Å². The SMILES string of the molecule is CCN(CC)S(=O)(=O)c1ccc(=O)n(CC(=O)N2CCCc3cccc(C)c32)c1. The molecule has 7 nitrogen and oxygen atoms in total. The Balaban J connectivity index is 1.92. The zero-order chi connectivity index (χ0) is 21.2. The molecule has 1 aromatic heterocycles. The number of rotatable bonds is 6. The van der Waals surface area contributed by atoms with Gasteiger partial charge in [0, 0.05) is 37.6 Å². The first-order valence-corrected chi connectivity index (χ1v) is 11.3. The molecule has 0 atom stereocenters. The molecular formula is C21H27N3O4S. The van der Waals surface area contributed by atoms with Gasteiger partial charge in [-0.15, -0.1) is 0 Å². The third-order valence-electron chi connectivity index (χ3n) is 5.33. The van der Waals surface area contributed by atoms with Crippen LogP contribution >= 0.6 is 0 Å². The monoisotopic (exact) mass is 417 g/mol. The first-order chi connectivity index (χ1) is 13.8. The summed E-state index contributed by atoms with van der Waals surface area (Å²) in [6.45, 7) is 6.54. The number of hydrogen-bond donors (Lipinski definition) is 0. The van der Waals surface area contributed by atoms with E-state index in [9.17, 15) is 18.0 Å². The van der Waals surface area contributed by atoms with Crippen LogP contribution in [0.5, 0.6) is 0 Å². The lowest BCUT2D eigenvalue weighted by atomic mass is 9.98. The summed E-state index contributed by atoms with van der Waals surface area (Å²) >= 11 is 0. The number of fused-ring (bicyclic) bond motifs is 1. The van der Waals surface area contributed by atoms with E-state index in [1.54, 1.807) is 18.7 Å². The smallest absolute Gasteiger partial charge is 0.251 e. The summed E-state index contributed by atoms with van der Waals surface area (Å²) in [4.78, 5) is 27.1. The maximum atomic E-state index is 13.0. The molecule has 0 N–H and O–H groups in total. The van der Waals surface area contributed by atoms with Crippen molar-refractivity contribution in [3.05, 3.63) is 58.0 Å². The molecule has 29 heavy (non-hydrogen) atoms. The third kappa shape index (κ3) is 4.13. The Labute approximate surface area is 171 Å². The Morgan fingerprint density at radius 3 is 2.55 bits per heavy atom. The number of sulfonamides is 1. The second kappa shape index (κ2) is 8.51. The average Bonchev–Trinajstić information content (AvgIpc) is 2.70. The van der Waals surface area contributed by atoms with Gasteiger partial charge in [-0.1, -0.05) is 32.0 Å². The Kier molecular flexibility index (Phi) is 6.24. The van der Waals surface area contributed by atoms with Crippen molar-refractivity contribution >= 4 is 21.6 Å². The summed E-state index contributed by atoms with van der Waals surface area (Å²) in [5, 5.41) is 0. The van der Waals surface area contributed by atoms with Crippen molar-refractivity contribution in [1.82, 2.24) is 8.87 Å². The standard InChI is InChI=1S/C21H27N3O4S/c1-4-23(5-2)29(27,28)18-11-12-19(25)22(14-18)15-20(26)24-13-7-10-17-9-6-8-16(3)21(17)24/h6,8-9,11-12,14H,4-5,7,10,13,15H2,1-3H3. The van der Waals surface area contributed by atoms with Crippen LogP contribution in [0.3, 0.4) is 0 Å². The molecule has 0 spiro atoms. The number of aryl methyl sites for hydroxylation is 2. The highest BCUT2D eigenvalue weighted by Crippen LogP contribution is 2.30. The molecule has 2 heterocycles. The minimum Gasteiger partial charge on any atom is -0.310 e.